The fourth-order valence-corrected chi connectivity index (χ4v) is 1.97. The highest BCUT2D eigenvalue weighted by Gasteiger charge is 2.36. The Hall–Kier alpha value is -2.02. The third-order valence-electron chi connectivity index (χ3n) is 2.85. The molecule has 1 atom stereocenters. The van der Waals surface area contributed by atoms with E-state index in [1.54, 1.807) is 0 Å². The second-order valence-corrected chi connectivity index (χ2v) is 4.07. The number of amidine groups is 1. The van der Waals surface area contributed by atoms with Crippen molar-refractivity contribution in [3.63, 3.8) is 0 Å². The molecule has 0 radical (unpaired) electrons. The van der Waals surface area contributed by atoms with E-state index in [0.717, 1.165) is 18.2 Å². The number of benzene rings is 1. The van der Waals surface area contributed by atoms with Gasteiger partial charge >= 0.3 is 6.03 Å². The first-order valence-corrected chi connectivity index (χ1v) is 5.63. The van der Waals surface area contributed by atoms with Gasteiger partial charge < -0.3 is 15.4 Å². The fourth-order valence-electron chi connectivity index (χ4n) is 1.97. The van der Waals surface area contributed by atoms with Crippen molar-refractivity contribution >= 4 is 11.9 Å². The van der Waals surface area contributed by atoms with Gasteiger partial charge in [-0.3, -0.25) is 0 Å². The van der Waals surface area contributed by atoms with Crippen LogP contribution in [-0.4, -0.2) is 37.0 Å². The zero-order valence-electron chi connectivity index (χ0n) is 10.3. The number of carbonyl (C=O) groups is 1. The quantitative estimate of drug-likeness (QED) is 0.899. The van der Waals surface area contributed by atoms with E-state index < -0.39 is 23.7 Å². The Balaban J connectivity index is 2.36. The summed E-state index contributed by atoms with van der Waals surface area (Å²) in [4.78, 5) is 16.5. The van der Waals surface area contributed by atoms with Crippen LogP contribution in [0.1, 0.15) is 11.6 Å². The first-order chi connectivity index (χ1) is 9.04. The van der Waals surface area contributed by atoms with E-state index in [-0.39, 0.29) is 24.6 Å². The number of methoxy groups -OCH3 is 1. The highest BCUT2D eigenvalue weighted by Crippen LogP contribution is 2.29. The van der Waals surface area contributed by atoms with Crippen molar-refractivity contribution in [3.8, 4) is 0 Å². The molecule has 1 unspecified atom stereocenters. The van der Waals surface area contributed by atoms with E-state index in [1.807, 2.05) is 0 Å². The summed E-state index contributed by atoms with van der Waals surface area (Å²) in [5.41, 5.74) is 5.63. The highest BCUT2D eigenvalue weighted by molar-refractivity contribution is 6.03. The summed E-state index contributed by atoms with van der Waals surface area (Å²) in [7, 11) is 1.47. The molecule has 1 aliphatic rings. The topological polar surface area (TPSA) is 67.9 Å². The van der Waals surface area contributed by atoms with Crippen LogP contribution in [0.5, 0.6) is 0 Å². The van der Waals surface area contributed by atoms with Crippen molar-refractivity contribution in [3.05, 3.63) is 35.4 Å². The van der Waals surface area contributed by atoms with Crippen molar-refractivity contribution in [1.82, 2.24) is 4.90 Å². The van der Waals surface area contributed by atoms with Gasteiger partial charge in [-0.25, -0.2) is 13.6 Å². The molecule has 2 N–H and O–H groups in total. The van der Waals surface area contributed by atoms with Crippen molar-refractivity contribution in [2.45, 2.75) is 6.04 Å². The number of hydrogen-bond donors (Lipinski definition) is 1. The Labute approximate surface area is 108 Å². The summed E-state index contributed by atoms with van der Waals surface area (Å²) < 4.78 is 31.9. The summed E-state index contributed by atoms with van der Waals surface area (Å²) in [5, 5.41) is 0. The third kappa shape index (κ3) is 2.55. The van der Waals surface area contributed by atoms with Gasteiger partial charge in [-0.05, 0) is 18.2 Å². The average Bonchev–Trinajstić information content (AvgIpc) is 2.64. The van der Waals surface area contributed by atoms with E-state index in [1.165, 1.54) is 12.0 Å². The standard InChI is InChI=1S/C12H13F2N3O2/c1-19-5-4-17-10(11(15)16-12(17)18)8-6-7(13)2-3-9(8)14/h2-3,6,10H,4-5H2,1H3,(H2,15,16,18). The van der Waals surface area contributed by atoms with Gasteiger partial charge in [0.25, 0.3) is 0 Å². The van der Waals surface area contributed by atoms with Crippen LogP contribution in [0, 0.1) is 11.6 Å². The molecule has 0 saturated carbocycles. The molecule has 0 aromatic heterocycles. The SMILES string of the molecule is COCCN1C(=O)N=C(N)C1c1cc(F)ccc1F. The van der Waals surface area contributed by atoms with E-state index in [4.69, 9.17) is 10.5 Å². The summed E-state index contributed by atoms with van der Waals surface area (Å²) in [6.07, 6.45) is 0. The van der Waals surface area contributed by atoms with E-state index in [2.05, 4.69) is 4.99 Å². The minimum absolute atomic E-state index is 0.0109. The Kier molecular flexibility index (Phi) is 3.75. The normalized spacial score (nSPS) is 18.9. The number of carbonyl (C=O) groups excluding carboxylic acids is 1. The highest BCUT2D eigenvalue weighted by atomic mass is 19.1. The van der Waals surface area contributed by atoms with Gasteiger partial charge in [-0.2, -0.15) is 4.99 Å². The Morgan fingerprint density at radius 1 is 1.47 bits per heavy atom. The molecule has 2 amide bonds. The molecule has 0 spiro atoms. The largest absolute Gasteiger partial charge is 0.385 e. The van der Waals surface area contributed by atoms with Crippen LogP contribution in [0.2, 0.25) is 0 Å². The van der Waals surface area contributed by atoms with E-state index in [9.17, 15) is 13.6 Å². The lowest BCUT2D eigenvalue weighted by atomic mass is 10.0. The molecule has 0 fully saturated rings. The zero-order valence-corrected chi connectivity index (χ0v) is 10.3. The predicted octanol–water partition coefficient (Wildman–Crippen LogP) is 1.45. The number of rotatable bonds is 4. The number of halogens is 2. The lowest BCUT2D eigenvalue weighted by molar-refractivity contribution is 0.150. The maximum Gasteiger partial charge on any atom is 0.346 e. The van der Waals surface area contributed by atoms with Crippen LogP contribution in [0.4, 0.5) is 13.6 Å². The van der Waals surface area contributed by atoms with Gasteiger partial charge in [-0.15, -0.1) is 0 Å². The monoisotopic (exact) mass is 269 g/mol. The van der Waals surface area contributed by atoms with Crippen LogP contribution >= 0.6 is 0 Å². The molecule has 2 rings (SSSR count). The molecule has 1 heterocycles. The summed E-state index contributed by atoms with van der Waals surface area (Å²) in [5.74, 6) is -1.29. The number of urea groups is 1. The lowest BCUT2D eigenvalue weighted by Crippen LogP contribution is -2.36. The van der Waals surface area contributed by atoms with Crippen LogP contribution in [0.3, 0.4) is 0 Å². The minimum Gasteiger partial charge on any atom is -0.385 e. The second-order valence-electron chi connectivity index (χ2n) is 4.07. The summed E-state index contributed by atoms with van der Waals surface area (Å²) >= 11 is 0. The Morgan fingerprint density at radius 2 is 2.21 bits per heavy atom. The number of hydrogen-bond acceptors (Lipinski definition) is 3. The number of nitrogens with two attached hydrogens (primary N) is 1. The molecule has 7 heteroatoms. The predicted molar refractivity (Wildman–Crippen MR) is 64.7 cm³/mol. The van der Waals surface area contributed by atoms with Crippen LogP contribution in [0.25, 0.3) is 0 Å². The van der Waals surface area contributed by atoms with Crippen LogP contribution in [0.15, 0.2) is 23.2 Å². The lowest BCUT2D eigenvalue weighted by Gasteiger charge is -2.24. The van der Waals surface area contributed by atoms with E-state index >= 15 is 0 Å². The van der Waals surface area contributed by atoms with Crippen LogP contribution < -0.4 is 5.73 Å². The van der Waals surface area contributed by atoms with Gasteiger partial charge in [0.05, 0.1) is 6.61 Å². The van der Waals surface area contributed by atoms with Crippen molar-refractivity contribution < 1.29 is 18.3 Å². The molecule has 0 saturated heterocycles. The molecular formula is C12H13F2N3O2. The number of nitrogens with zero attached hydrogens (tertiary/aromatic N) is 2. The third-order valence-corrected chi connectivity index (χ3v) is 2.85. The van der Waals surface area contributed by atoms with Crippen molar-refractivity contribution in [1.29, 1.82) is 0 Å². The molecule has 1 aliphatic heterocycles. The van der Waals surface area contributed by atoms with Gasteiger partial charge in [-0.1, -0.05) is 0 Å². The summed E-state index contributed by atoms with van der Waals surface area (Å²) in [6.45, 7) is 0.447. The first kappa shape index (κ1) is 13.4. The first-order valence-electron chi connectivity index (χ1n) is 5.63. The van der Waals surface area contributed by atoms with Gasteiger partial charge in [0.15, 0.2) is 0 Å². The zero-order chi connectivity index (χ0) is 14.0. The van der Waals surface area contributed by atoms with Crippen LogP contribution in [-0.2, 0) is 4.74 Å². The number of aliphatic imine (C=N–C) groups is 1. The Bertz CT molecular complexity index is 534. The number of amides is 2. The van der Waals surface area contributed by atoms with Gasteiger partial charge in [0.1, 0.15) is 23.5 Å². The molecule has 19 heavy (non-hydrogen) atoms. The molecule has 0 aliphatic carbocycles. The maximum absolute atomic E-state index is 13.8. The maximum atomic E-state index is 13.8. The van der Waals surface area contributed by atoms with Gasteiger partial charge in [0, 0.05) is 19.2 Å². The summed E-state index contributed by atoms with van der Waals surface area (Å²) in [6, 6.07) is 1.54. The molecule has 5 nitrogen and oxygen atoms in total. The average molecular weight is 269 g/mol. The smallest absolute Gasteiger partial charge is 0.346 e. The molecular weight excluding hydrogens is 256 g/mol. The van der Waals surface area contributed by atoms with E-state index in [0.29, 0.717) is 0 Å². The molecule has 1 aromatic rings. The van der Waals surface area contributed by atoms with Crippen molar-refractivity contribution in [2.75, 3.05) is 20.3 Å². The van der Waals surface area contributed by atoms with Gasteiger partial charge in [0.2, 0.25) is 0 Å². The fraction of sp³-hybridized carbons (Fsp3) is 0.333. The number of ether oxygens (including phenoxy) is 1. The van der Waals surface area contributed by atoms with Crippen molar-refractivity contribution in [2.24, 2.45) is 10.7 Å². The minimum atomic E-state index is -0.890. The Morgan fingerprint density at radius 3 is 2.89 bits per heavy atom. The molecule has 0 bridgehead atoms. The molecule has 1 aromatic carbocycles. The second kappa shape index (κ2) is 5.31. The molecule has 102 valence electrons.